The van der Waals surface area contributed by atoms with Crippen molar-refractivity contribution < 1.29 is 4.79 Å². The van der Waals surface area contributed by atoms with Crippen molar-refractivity contribution >= 4 is 28.4 Å². The fourth-order valence-electron chi connectivity index (χ4n) is 4.51. The van der Waals surface area contributed by atoms with Gasteiger partial charge in [0.1, 0.15) is 0 Å². The van der Waals surface area contributed by atoms with Crippen molar-refractivity contribution in [3.8, 4) is 16.8 Å². The van der Waals surface area contributed by atoms with Gasteiger partial charge in [0, 0.05) is 28.1 Å². The molecule has 1 aliphatic carbocycles. The number of benzene rings is 2. The van der Waals surface area contributed by atoms with E-state index in [-0.39, 0.29) is 11.2 Å². The van der Waals surface area contributed by atoms with Crippen LogP contribution in [0.15, 0.2) is 54.6 Å². The smallest absolute Gasteiger partial charge is 0.165 e. The normalized spacial score (nSPS) is 15.4. The van der Waals surface area contributed by atoms with Crippen LogP contribution < -0.4 is 0 Å². The summed E-state index contributed by atoms with van der Waals surface area (Å²) >= 11 is 6.62. The Balaban J connectivity index is 1.94. The molecule has 0 radical (unpaired) electrons. The topological polar surface area (TPSA) is 47.8 Å². The number of aromatic nitrogens is 3. The number of fused-ring (bicyclic) bond motifs is 2. The van der Waals surface area contributed by atoms with Crippen LogP contribution in [0.3, 0.4) is 0 Å². The first-order valence-corrected chi connectivity index (χ1v) is 10.5. The van der Waals surface area contributed by atoms with Crippen LogP contribution in [0, 0.1) is 12.3 Å². The van der Waals surface area contributed by atoms with Crippen molar-refractivity contribution in [1.82, 2.24) is 14.8 Å². The fraction of sp³-hybridized carbons (Fsp3) is 0.240. The van der Waals surface area contributed by atoms with Crippen molar-refractivity contribution in [2.45, 2.75) is 33.6 Å². The number of Topliss-reactive ketones (excluding diaryl/α,β-unsaturated/α-hetero) is 1. The first kappa shape index (κ1) is 19.0. The molecular weight excluding hydrogens is 394 g/mol. The van der Waals surface area contributed by atoms with Crippen LogP contribution >= 0.6 is 11.6 Å². The number of rotatable bonds is 2. The summed E-state index contributed by atoms with van der Waals surface area (Å²) in [5, 5.41) is 6.32. The Bertz CT molecular complexity index is 1310. The third-order valence-corrected chi connectivity index (χ3v) is 6.10. The Morgan fingerprint density at radius 3 is 2.40 bits per heavy atom. The second-order valence-electron chi connectivity index (χ2n) is 8.76. The first-order chi connectivity index (χ1) is 14.4. The molecule has 4 aromatic rings. The Morgan fingerprint density at radius 2 is 1.67 bits per heavy atom. The molecule has 5 rings (SSSR count). The molecule has 0 atom stereocenters. The minimum absolute atomic E-state index is 0.123. The number of hydrogen-bond donors (Lipinski definition) is 0. The lowest BCUT2D eigenvalue weighted by Gasteiger charge is -2.31. The average molecular weight is 416 g/mol. The number of hydrogen-bond acceptors (Lipinski definition) is 3. The van der Waals surface area contributed by atoms with E-state index in [4.69, 9.17) is 21.7 Å². The van der Waals surface area contributed by atoms with Gasteiger partial charge in [-0.3, -0.25) is 4.79 Å². The molecule has 0 N–H and O–H groups in total. The maximum Gasteiger partial charge on any atom is 0.165 e. The summed E-state index contributed by atoms with van der Waals surface area (Å²) in [6, 6.07) is 17.7. The molecule has 1 aliphatic rings. The number of carbonyl (C=O) groups is 1. The van der Waals surface area contributed by atoms with E-state index in [0.29, 0.717) is 17.0 Å². The van der Waals surface area contributed by atoms with Crippen LogP contribution in [-0.2, 0) is 6.42 Å². The molecule has 0 spiro atoms. The zero-order chi connectivity index (χ0) is 21.0. The molecule has 2 aromatic carbocycles. The van der Waals surface area contributed by atoms with Gasteiger partial charge in [-0.25, -0.2) is 9.67 Å². The second kappa shape index (κ2) is 6.78. The maximum absolute atomic E-state index is 13.3. The minimum atomic E-state index is -0.130. The highest BCUT2D eigenvalue weighted by Crippen LogP contribution is 2.44. The van der Waals surface area contributed by atoms with Crippen LogP contribution in [0.1, 0.15) is 42.0 Å². The van der Waals surface area contributed by atoms with Crippen molar-refractivity contribution in [3.63, 3.8) is 0 Å². The largest absolute Gasteiger partial charge is 0.294 e. The van der Waals surface area contributed by atoms with Crippen LogP contribution in [-0.4, -0.2) is 20.5 Å². The molecule has 0 bridgehead atoms. The number of pyridine rings is 1. The molecule has 150 valence electrons. The Kier molecular flexibility index (Phi) is 4.30. The number of carbonyl (C=O) groups excluding carboxylic acids is 1. The van der Waals surface area contributed by atoms with Gasteiger partial charge in [-0.15, -0.1) is 0 Å². The highest BCUT2D eigenvalue weighted by molar-refractivity contribution is 6.34. The Labute approximate surface area is 180 Å². The Hall–Kier alpha value is -2.98. The number of aryl methyl sites for hydroxylation is 1. The molecule has 5 heteroatoms. The lowest BCUT2D eigenvalue weighted by Crippen LogP contribution is -2.28. The van der Waals surface area contributed by atoms with Gasteiger partial charge in [-0.05, 0) is 37.0 Å². The number of ketones is 1. The molecule has 0 amide bonds. The predicted molar refractivity (Wildman–Crippen MR) is 120 cm³/mol. The van der Waals surface area contributed by atoms with E-state index < -0.39 is 0 Å². The first-order valence-electron chi connectivity index (χ1n) is 10.1. The average Bonchev–Trinajstić information content (AvgIpc) is 3.03. The molecule has 0 saturated carbocycles. The number of nitrogens with zero attached hydrogens (tertiary/aromatic N) is 3. The van der Waals surface area contributed by atoms with Crippen molar-refractivity contribution in [3.05, 3.63) is 76.6 Å². The van der Waals surface area contributed by atoms with Gasteiger partial charge in [0.25, 0.3) is 0 Å². The van der Waals surface area contributed by atoms with Gasteiger partial charge < -0.3 is 0 Å². The fourth-order valence-corrected chi connectivity index (χ4v) is 4.74. The SMILES string of the molecule is Cc1nn(-c2ccccc2)c2nc3c(c(-c4ccccc4Cl)c12)C(=O)CC(C)(C)C3. The van der Waals surface area contributed by atoms with E-state index in [1.807, 2.05) is 66.2 Å². The molecule has 2 aromatic heterocycles. The lowest BCUT2D eigenvalue weighted by atomic mass is 9.73. The van der Waals surface area contributed by atoms with Gasteiger partial charge in [0.05, 0.1) is 22.5 Å². The van der Waals surface area contributed by atoms with Gasteiger partial charge in [-0.1, -0.05) is 61.8 Å². The lowest BCUT2D eigenvalue weighted by molar-refractivity contribution is 0.0911. The van der Waals surface area contributed by atoms with Gasteiger partial charge >= 0.3 is 0 Å². The molecule has 0 unspecified atom stereocenters. The zero-order valence-corrected chi connectivity index (χ0v) is 18.0. The summed E-state index contributed by atoms with van der Waals surface area (Å²) in [5.41, 5.74) is 5.65. The Morgan fingerprint density at radius 1 is 0.967 bits per heavy atom. The molecule has 0 aliphatic heterocycles. The van der Waals surface area contributed by atoms with E-state index in [0.717, 1.165) is 45.7 Å². The van der Waals surface area contributed by atoms with E-state index in [2.05, 4.69) is 13.8 Å². The summed E-state index contributed by atoms with van der Waals surface area (Å²) < 4.78 is 1.87. The standard InChI is InChI=1S/C25H22ClN3O/c1-15-21-22(17-11-7-8-12-18(17)26)23-19(13-25(2,3)14-20(23)30)27-24(21)29(28-15)16-9-5-4-6-10-16/h4-12H,13-14H2,1-3H3. The summed E-state index contributed by atoms with van der Waals surface area (Å²) in [4.78, 5) is 18.3. The van der Waals surface area contributed by atoms with E-state index in [1.54, 1.807) is 0 Å². The predicted octanol–water partition coefficient (Wildman–Crippen LogP) is 6.20. The van der Waals surface area contributed by atoms with Crippen LogP contribution in [0.2, 0.25) is 5.02 Å². The summed E-state index contributed by atoms with van der Waals surface area (Å²) in [6.07, 6.45) is 1.23. The van der Waals surface area contributed by atoms with Crippen LogP contribution in [0.4, 0.5) is 0 Å². The van der Waals surface area contributed by atoms with Crippen molar-refractivity contribution in [2.75, 3.05) is 0 Å². The van der Waals surface area contributed by atoms with Gasteiger partial charge in [-0.2, -0.15) is 5.10 Å². The van der Waals surface area contributed by atoms with Crippen molar-refractivity contribution in [2.24, 2.45) is 5.41 Å². The molecular formula is C25H22ClN3O. The molecule has 0 fully saturated rings. The second-order valence-corrected chi connectivity index (χ2v) is 9.17. The highest BCUT2D eigenvalue weighted by Gasteiger charge is 2.36. The number of halogens is 1. The minimum Gasteiger partial charge on any atom is -0.294 e. The van der Waals surface area contributed by atoms with Crippen LogP contribution in [0.5, 0.6) is 0 Å². The van der Waals surface area contributed by atoms with Gasteiger partial charge in [0.2, 0.25) is 0 Å². The van der Waals surface area contributed by atoms with E-state index >= 15 is 0 Å². The summed E-state index contributed by atoms with van der Waals surface area (Å²) in [7, 11) is 0. The third kappa shape index (κ3) is 2.94. The number of para-hydroxylation sites is 1. The zero-order valence-electron chi connectivity index (χ0n) is 17.2. The van der Waals surface area contributed by atoms with E-state index in [1.165, 1.54) is 0 Å². The summed E-state index contributed by atoms with van der Waals surface area (Å²) in [6.45, 7) is 6.21. The van der Waals surface area contributed by atoms with Gasteiger partial charge in [0.15, 0.2) is 11.4 Å². The quantitative estimate of drug-likeness (QED) is 0.391. The van der Waals surface area contributed by atoms with E-state index in [9.17, 15) is 4.79 Å². The maximum atomic E-state index is 13.3. The van der Waals surface area contributed by atoms with Crippen LogP contribution in [0.25, 0.3) is 27.8 Å². The highest BCUT2D eigenvalue weighted by atomic mass is 35.5. The molecule has 2 heterocycles. The molecule has 0 saturated heterocycles. The third-order valence-electron chi connectivity index (χ3n) is 5.77. The summed E-state index contributed by atoms with van der Waals surface area (Å²) in [5.74, 6) is 0.123. The molecule has 30 heavy (non-hydrogen) atoms. The molecule has 4 nitrogen and oxygen atoms in total. The monoisotopic (exact) mass is 415 g/mol. The van der Waals surface area contributed by atoms with Crippen molar-refractivity contribution in [1.29, 1.82) is 0 Å².